The minimum Gasteiger partial charge on any atom is -0.497 e. The number of H-pyrrole nitrogens is 1. The second kappa shape index (κ2) is 8.03. The topological polar surface area (TPSA) is 76.2 Å². The van der Waals surface area contributed by atoms with Crippen LogP contribution < -0.4 is 14.8 Å². The smallest absolute Gasteiger partial charge is 0.227 e. The van der Waals surface area contributed by atoms with Gasteiger partial charge >= 0.3 is 0 Å². The molecule has 2 aliphatic rings. The number of carbonyl (C=O) groups is 1. The Morgan fingerprint density at radius 2 is 2.11 bits per heavy atom. The fraction of sp³-hybridized carbons (Fsp3) is 0.524. The van der Waals surface area contributed by atoms with Crippen molar-refractivity contribution in [2.45, 2.75) is 63.5 Å². The highest BCUT2D eigenvalue weighted by molar-refractivity contribution is 5.84. The molecule has 0 radical (unpaired) electrons. The highest BCUT2D eigenvalue weighted by atomic mass is 16.5. The average molecular weight is 369 g/mol. The van der Waals surface area contributed by atoms with Crippen molar-refractivity contribution in [3.8, 4) is 11.5 Å². The summed E-state index contributed by atoms with van der Waals surface area (Å²) < 4.78 is 11.6. The van der Waals surface area contributed by atoms with Gasteiger partial charge in [-0.2, -0.15) is 5.10 Å². The Labute approximate surface area is 159 Å². The molecule has 1 fully saturated rings. The third-order valence-electron chi connectivity index (χ3n) is 5.69. The Morgan fingerprint density at radius 1 is 1.26 bits per heavy atom. The number of carbonyl (C=O) groups excluding carboxylic acids is 1. The lowest BCUT2D eigenvalue weighted by Crippen LogP contribution is -2.31. The summed E-state index contributed by atoms with van der Waals surface area (Å²) in [7, 11) is 1.65. The quantitative estimate of drug-likeness (QED) is 0.817. The van der Waals surface area contributed by atoms with Crippen LogP contribution in [0.2, 0.25) is 0 Å². The van der Waals surface area contributed by atoms with Crippen molar-refractivity contribution in [2.75, 3.05) is 7.11 Å². The summed E-state index contributed by atoms with van der Waals surface area (Å²) >= 11 is 0. The zero-order chi connectivity index (χ0) is 18.6. The van der Waals surface area contributed by atoms with Crippen molar-refractivity contribution in [2.24, 2.45) is 0 Å². The van der Waals surface area contributed by atoms with Gasteiger partial charge in [0.15, 0.2) is 0 Å². The summed E-state index contributed by atoms with van der Waals surface area (Å²) in [6, 6.07) is 5.82. The second-order valence-electron chi connectivity index (χ2n) is 7.46. The van der Waals surface area contributed by atoms with Crippen LogP contribution in [-0.2, 0) is 17.8 Å². The molecule has 1 amide bonds. The lowest BCUT2D eigenvalue weighted by molar-refractivity contribution is -0.123. The van der Waals surface area contributed by atoms with Crippen LogP contribution in [0.3, 0.4) is 0 Å². The molecule has 4 rings (SSSR count). The largest absolute Gasteiger partial charge is 0.497 e. The zero-order valence-corrected chi connectivity index (χ0v) is 15.8. The molecule has 27 heavy (non-hydrogen) atoms. The second-order valence-corrected chi connectivity index (χ2v) is 7.46. The predicted molar refractivity (Wildman–Crippen MR) is 102 cm³/mol. The average Bonchev–Trinajstić information content (AvgIpc) is 3.38. The van der Waals surface area contributed by atoms with Crippen LogP contribution >= 0.6 is 0 Å². The van der Waals surface area contributed by atoms with E-state index in [1.54, 1.807) is 13.3 Å². The number of rotatable bonds is 6. The molecule has 1 unspecified atom stereocenters. The van der Waals surface area contributed by atoms with Gasteiger partial charge in [-0.25, -0.2) is 0 Å². The molecule has 2 aromatic rings. The molecule has 2 aliphatic carbocycles. The van der Waals surface area contributed by atoms with Crippen molar-refractivity contribution in [1.29, 1.82) is 0 Å². The van der Waals surface area contributed by atoms with Crippen LogP contribution in [0, 0.1) is 0 Å². The molecule has 0 saturated heterocycles. The van der Waals surface area contributed by atoms with Crippen molar-refractivity contribution in [3.05, 3.63) is 41.2 Å². The van der Waals surface area contributed by atoms with E-state index in [0.29, 0.717) is 6.54 Å². The Hall–Kier alpha value is -2.50. The number of nitrogens with zero attached hydrogens (tertiary/aromatic N) is 1. The van der Waals surface area contributed by atoms with E-state index in [2.05, 4.69) is 15.5 Å². The van der Waals surface area contributed by atoms with Gasteiger partial charge in [-0.1, -0.05) is 0 Å². The summed E-state index contributed by atoms with van der Waals surface area (Å²) in [4.78, 5) is 12.8. The molecule has 1 aromatic carbocycles. The van der Waals surface area contributed by atoms with Gasteiger partial charge in [0.05, 0.1) is 25.3 Å². The van der Waals surface area contributed by atoms with E-state index in [-0.39, 0.29) is 17.9 Å². The zero-order valence-electron chi connectivity index (χ0n) is 15.8. The molecule has 0 bridgehead atoms. The maximum Gasteiger partial charge on any atom is 0.227 e. The van der Waals surface area contributed by atoms with Crippen molar-refractivity contribution < 1.29 is 14.3 Å². The van der Waals surface area contributed by atoms with E-state index in [0.717, 1.165) is 60.4 Å². The number of methoxy groups -OCH3 is 1. The number of nitrogens with one attached hydrogen (secondary N) is 2. The van der Waals surface area contributed by atoms with Gasteiger partial charge < -0.3 is 14.8 Å². The van der Waals surface area contributed by atoms with Gasteiger partial charge in [0, 0.05) is 29.4 Å². The van der Waals surface area contributed by atoms with Gasteiger partial charge in [0.25, 0.3) is 0 Å². The van der Waals surface area contributed by atoms with Crippen LogP contribution in [0.5, 0.6) is 11.5 Å². The van der Waals surface area contributed by atoms with Gasteiger partial charge in [0.1, 0.15) is 11.5 Å². The van der Waals surface area contributed by atoms with Crippen molar-refractivity contribution in [1.82, 2.24) is 15.5 Å². The first kappa shape index (κ1) is 17.9. The number of fused-ring (bicyclic) bond motifs is 1. The summed E-state index contributed by atoms with van der Waals surface area (Å²) in [6.07, 6.45) is 9.52. The summed E-state index contributed by atoms with van der Waals surface area (Å²) in [5, 5.41) is 10.2. The van der Waals surface area contributed by atoms with Crippen LogP contribution in [0.1, 0.15) is 61.3 Å². The first-order valence-electron chi connectivity index (χ1n) is 9.88. The molecule has 0 spiro atoms. The summed E-state index contributed by atoms with van der Waals surface area (Å²) in [6.45, 7) is 0.453. The molecular formula is C21H27N3O3. The van der Waals surface area contributed by atoms with Crippen molar-refractivity contribution >= 4 is 5.91 Å². The summed E-state index contributed by atoms with van der Waals surface area (Å²) in [5.74, 6) is 1.52. The monoisotopic (exact) mass is 369 g/mol. The van der Waals surface area contributed by atoms with E-state index in [1.807, 2.05) is 18.2 Å². The van der Waals surface area contributed by atoms with Crippen LogP contribution in [-0.4, -0.2) is 29.3 Å². The predicted octanol–water partition coefficient (Wildman–Crippen LogP) is 3.48. The number of hydrogen-bond acceptors (Lipinski definition) is 4. The number of aryl methyl sites for hydroxylation is 1. The normalized spacial score (nSPS) is 19.5. The van der Waals surface area contributed by atoms with E-state index in [1.165, 1.54) is 12.8 Å². The van der Waals surface area contributed by atoms with Gasteiger partial charge in [0.2, 0.25) is 5.91 Å². The third kappa shape index (κ3) is 3.94. The molecule has 6 heteroatoms. The molecule has 0 aliphatic heterocycles. The van der Waals surface area contributed by atoms with Crippen molar-refractivity contribution in [3.63, 3.8) is 0 Å². The molecule has 144 valence electrons. The van der Waals surface area contributed by atoms with Gasteiger partial charge in [-0.15, -0.1) is 0 Å². The fourth-order valence-corrected chi connectivity index (χ4v) is 4.14. The maximum atomic E-state index is 12.8. The fourth-order valence-electron chi connectivity index (χ4n) is 4.14. The molecule has 1 atom stereocenters. The SMILES string of the molecule is COc1ccc(CNC(=O)C2CCCc3[nH]ncc32)c(OC2CCCC2)c1. The van der Waals surface area contributed by atoms with E-state index in [4.69, 9.17) is 9.47 Å². The molecule has 1 aromatic heterocycles. The standard InChI is InChI=1S/C21H27N3O3/c1-26-16-10-9-14(20(11-16)27-15-5-2-3-6-15)12-22-21(25)17-7-4-8-19-18(17)13-23-24-19/h9-11,13,15,17H,2-8,12H2,1H3,(H,22,25)(H,23,24). The molecule has 6 nitrogen and oxygen atoms in total. The third-order valence-corrected chi connectivity index (χ3v) is 5.69. The highest BCUT2D eigenvalue weighted by Gasteiger charge is 2.28. The van der Waals surface area contributed by atoms with E-state index in [9.17, 15) is 4.79 Å². The van der Waals surface area contributed by atoms with E-state index < -0.39 is 0 Å². The Balaban J connectivity index is 1.45. The first-order valence-corrected chi connectivity index (χ1v) is 9.88. The number of benzene rings is 1. The number of ether oxygens (including phenoxy) is 2. The first-order chi connectivity index (χ1) is 13.2. The molecular weight excluding hydrogens is 342 g/mol. The Kier molecular flexibility index (Phi) is 5.32. The van der Waals surface area contributed by atoms with Crippen LogP contribution in [0.15, 0.2) is 24.4 Å². The Bertz CT molecular complexity index is 796. The lowest BCUT2D eigenvalue weighted by Gasteiger charge is -2.22. The molecule has 2 N–H and O–H groups in total. The number of hydrogen-bond donors (Lipinski definition) is 2. The minimum atomic E-state index is -0.120. The van der Waals surface area contributed by atoms with Gasteiger partial charge in [-0.05, 0) is 57.1 Å². The van der Waals surface area contributed by atoms with Crippen LogP contribution in [0.4, 0.5) is 0 Å². The Morgan fingerprint density at radius 3 is 2.93 bits per heavy atom. The lowest BCUT2D eigenvalue weighted by atomic mass is 9.86. The number of aromatic nitrogens is 2. The highest BCUT2D eigenvalue weighted by Crippen LogP contribution is 2.32. The molecule has 1 heterocycles. The van der Waals surface area contributed by atoms with Gasteiger partial charge in [-0.3, -0.25) is 9.89 Å². The maximum absolute atomic E-state index is 12.8. The van der Waals surface area contributed by atoms with E-state index >= 15 is 0 Å². The summed E-state index contributed by atoms with van der Waals surface area (Å²) in [5.41, 5.74) is 3.12. The minimum absolute atomic E-state index is 0.0555. The number of aromatic amines is 1. The number of amides is 1. The van der Waals surface area contributed by atoms with Crippen LogP contribution in [0.25, 0.3) is 0 Å². The molecule has 1 saturated carbocycles.